The van der Waals surface area contributed by atoms with E-state index in [9.17, 15) is 9.59 Å². The van der Waals surface area contributed by atoms with Gasteiger partial charge in [-0.2, -0.15) is 0 Å². The summed E-state index contributed by atoms with van der Waals surface area (Å²) in [6, 6.07) is 17.7. The number of para-hydroxylation sites is 1. The number of methoxy groups -OCH3 is 1. The molecule has 6 heteroatoms. The van der Waals surface area contributed by atoms with Crippen molar-refractivity contribution in [2.24, 2.45) is 0 Å². The van der Waals surface area contributed by atoms with Crippen molar-refractivity contribution < 1.29 is 18.7 Å². The van der Waals surface area contributed by atoms with Crippen molar-refractivity contribution in [3.8, 4) is 5.75 Å². The first-order valence-electron chi connectivity index (χ1n) is 8.64. The maximum absolute atomic E-state index is 12.8. The molecule has 2 amide bonds. The van der Waals surface area contributed by atoms with E-state index in [-0.39, 0.29) is 11.5 Å². The molecule has 0 unspecified atom stereocenters. The maximum Gasteiger partial charge on any atom is 0.291 e. The number of hydrogen-bond donors (Lipinski definition) is 2. The molecule has 0 spiro atoms. The van der Waals surface area contributed by atoms with Gasteiger partial charge in [0.2, 0.25) is 0 Å². The van der Waals surface area contributed by atoms with Crippen molar-refractivity contribution in [3.63, 3.8) is 0 Å². The third-order valence-corrected chi connectivity index (χ3v) is 4.06. The number of benzene rings is 2. The molecular formula is C22H20N2O4. The summed E-state index contributed by atoms with van der Waals surface area (Å²) >= 11 is 0. The van der Waals surface area contributed by atoms with E-state index in [0.717, 1.165) is 11.1 Å². The van der Waals surface area contributed by atoms with E-state index in [1.54, 1.807) is 49.6 Å². The van der Waals surface area contributed by atoms with Gasteiger partial charge in [0.25, 0.3) is 11.8 Å². The fraction of sp³-hybridized carbons (Fsp3) is 0.0909. The van der Waals surface area contributed by atoms with Crippen LogP contribution in [0.4, 0.5) is 5.69 Å². The molecule has 0 aliphatic heterocycles. The zero-order chi connectivity index (χ0) is 19.9. The van der Waals surface area contributed by atoms with E-state index >= 15 is 0 Å². The monoisotopic (exact) mass is 376 g/mol. The van der Waals surface area contributed by atoms with Gasteiger partial charge in [0.05, 0.1) is 13.4 Å². The number of nitrogens with one attached hydrogen (secondary N) is 2. The minimum absolute atomic E-state index is 0.0924. The first kappa shape index (κ1) is 19.0. The van der Waals surface area contributed by atoms with E-state index in [0.29, 0.717) is 11.4 Å². The van der Waals surface area contributed by atoms with E-state index < -0.39 is 11.8 Å². The first-order chi connectivity index (χ1) is 13.6. The topological polar surface area (TPSA) is 80.6 Å². The highest BCUT2D eigenvalue weighted by atomic mass is 16.5. The number of amides is 2. The quantitative estimate of drug-likeness (QED) is 0.637. The van der Waals surface area contributed by atoms with Gasteiger partial charge in [0, 0.05) is 5.69 Å². The lowest BCUT2D eigenvalue weighted by molar-refractivity contribution is -0.113. The van der Waals surface area contributed by atoms with Crippen LogP contribution in [-0.2, 0) is 4.79 Å². The molecule has 1 aromatic heterocycles. The van der Waals surface area contributed by atoms with Crippen LogP contribution < -0.4 is 15.4 Å². The van der Waals surface area contributed by atoms with Crippen LogP contribution in [0.1, 0.15) is 21.7 Å². The van der Waals surface area contributed by atoms with Gasteiger partial charge < -0.3 is 19.8 Å². The lowest BCUT2D eigenvalue weighted by Gasteiger charge is -2.12. The smallest absolute Gasteiger partial charge is 0.291 e. The highest BCUT2D eigenvalue weighted by Crippen LogP contribution is 2.17. The summed E-state index contributed by atoms with van der Waals surface area (Å²) < 4.78 is 10.3. The zero-order valence-electron chi connectivity index (χ0n) is 15.6. The average Bonchev–Trinajstić information content (AvgIpc) is 3.25. The number of carbonyl (C=O) groups excluding carboxylic acids is 2. The number of anilines is 1. The normalized spacial score (nSPS) is 11.0. The molecule has 0 bridgehead atoms. The van der Waals surface area contributed by atoms with Crippen LogP contribution in [0.2, 0.25) is 0 Å². The fourth-order valence-electron chi connectivity index (χ4n) is 2.52. The average molecular weight is 376 g/mol. The Morgan fingerprint density at radius 2 is 1.75 bits per heavy atom. The summed E-state index contributed by atoms with van der Waals surface area (Å²) in [4.78, 5) is 25.2. The van der Waals surface area contributed by atoms with Crippen LogP contribution in [0.25, 0.3) is 6.08 Å². The molecule has 2 N–H and O–H groups in total. The number of ether oxygens (including phenoxy) is 1. The Morgan fingerprint density at radius 3 is 2.39 bits per heavy atom. The van der Waals surface area contributed by atoms with Gasteiger partial charge in [0.15, 0.2) is 5.76 Å². The number of aryl methyl sites for hydroxylation is 1. The predicted octanol–water partition coefficient (Wildman–Crippen LogP) is 4.01. The van der Waals surface area contributed by atoms with E-state index in [1.165, 1.54) is 12.3 Å². The number of rotatable bonds is 6. The summed E-state index contributed by atoms with van der Waals surface area (Å²) in [7, 11) is 1.58. The van der Waals surface area contributed by atoms with Gasteiger partial charge in [-0.3, -0.25) is 9.59 Å². The van der Waals surface area contributed by atoms with Crippen molar-refractivity contribution in [3.05, 3.63) is 89.5 Å². The van der Waals surface area contributed by atoms with Crippen LogP contribution in [0.15, 0.2) is 77.0 Å². The van der Waals surface area contributed by atoms with Gasteiger partial charge >= 0.3 is 0 Å². The molecule has 0 aliphatic rings. The van der Waals surface area contributed by atoms with Gasteiger partial charge in [0.1, 0.15) is 11.4 Å². The van der Waals surface area contributed by atoms with Gasteiger partial charge in [-0.25, -0.2) is 0 Å². The Bertz CT molecular complexity index is 990. The molecule has 142 valence electrons. The third-order valence-electron chi connectivity index (χ3n) is 4.06. The third kappa shape index (κ3) is 4.67. The number of carbonyl (C=O) groups is 2. The molecule has 0 saturated carbocycles. The Kier molecular flexibility index (Phi) is 5.91. The van der Waals surface area contributed by atoms with Crippen molar-refractivity contribution in [2.75, 3.05) is 12.4 Å². The molecule has 1 heterocycles. The molecule has 3 aromatic rings. The minimum Gasteiger partial charge on any atom is -0.497 e. The summed E-state index contributed by atoms with van der Waals surface area (Å²) in [5.41, 5.74) is 2.41. The van der Waals surface area contributed by atoms with Crippen LogP contribution >= 0.6 is 0 Å². The molecule has 0 atom stereocenters. The summed E-state index contributed by atoms with van der Waals surface area (Å²) in [5, 5.41) is 5.45. The summed E-state index contributed by atoms with van der Waals surface area (Å²) in [6.07, 6.45) is 2.99. The van der Waals surface area contributed by atoms with Gasteiger partial charge in [-0.05, 0) is 54.5 Å². The summed E-state index contributed by atoms with van der Waals surface area (Å²) in [6.45, 7) is 1.89. The van der Waals surface area contributed by atoms with Crippen LogP contribution in [0.3, 0.4) is 0 Å². The van der Waals surface area contributed by atoms with E-state index in [2.05, 4.69) is 10.6 Å². The van der Waals surface area contributed by atoms with Crippen molar-refractivity contribution in [2.45, 2.75) is 6.92 Å². The largest absolute Gasteiger partial charge is 0.497 e. The second-order valence-corrected chi connectivity index (χ2v) is 6.03. The molecular weight excluding hydrogens is 356 g/mol. The standard InChI is InChI=1S/C22H20N2O4/c1-15-6-3-4-7-18(15)23-21(25)19(24-22(26)20-8-5-13-28-20)14-16-9-11-17(27-2)12-10-16/h3-14H,1-2H3,(H,23,25)(H,24,26)/b19-14+. The van der Waals surface area contributed by atoms with E-state index in [4.69, 9.17) is 9.15 Å². The molecule has 28 heavy (non-hydrogen) atoms. The second-order valence-electron chi connectivity index (χ2n) is 6.03. The molecule has 0 saturated heterocycles. The van der Waals surface area contributed by atoms with Gasteiger partial charge in [-0.1, -0.05) is 30.3 Å². The Hall–Kier alpha value is -3.80. The second kappa shape index (κ2) is 8.73. The predicted molar refractivity (Wildman–Crippen MR) is 107 cm³/mol. The number of hydrogen-bond acceptors (Lipinski definition) is 4. The summed E-state index contributed by atoms with van der Waals surface area (Å²) in [5.74, 6) is -0.137. The van der Waals surface area contributed by atoms with Crippen LogP contribution in [0, 0.1) is 6.92 Å². The zero-order valence-corrected chi connectivity index (χ0v) is 15.6. The van der Waals surface area contributed by atoms with Crippen molar-refractivity contribution >= 4 is 23.6 Å². The van der Waals surface area contributed by atoms with Crippen molar-refractivity contribution in [1.82, 2.24) is 5.32 Å². The molecule has 2 aromatic carbocycles. The fourth-order valence-corrected chi connectivity index (χ4v) is 2.52. The minimum atomic E-state index is -0.510. The van der Waals surface area contributed by atoms with Crippen LogP contribution in [-0.4, -0.2) is 18.9 Å². The maximum atomic E-state index is 12.8. The van der Waals surface area contributed by atoms with Crippen molar-refractivity contribution in [1.29, 1.82) is 0 Å². The van der Waals surface area contributed by atoms with Crippen LogP contribution in [0.5, 0.6) is 5.75 Å². The highest BCUT2D eigenvalue weighted by molar-refractivity contribution is 6.10. The Balaban J connectivity index is 1.88. The molecule has 0 aliphatic carbocycles. The highest BCUT2D eigenvalue weighted by Gasteiger charge is 2.17. The lowest BCUT2D eigenvalue weighted by atomic mass is 10.1. The van der Waals surface area contributed by atoms with E-state index in [1.807, 2.05) is 25.1 Å². The van der Waals surface area contributed by atoms with Gasteiger partial charge in [-0.15, -0.1) is 0 Å². The molecule has 6 nitrogen and oxygen atoms in total. The molecule has 0 radical (unpaired) electrons. The molecule has 0 fully saturated rings. The molecule has 3 rings (SSSR count). The SMILES string of the molecule is COc1ccc(/C=C(/NC(=O)c2ccco2)C(=O)Nc2ccccc2C)cc1. The lowest BCUT2D eigenvalue weighted by Crippen LogP contribution is -2.30. The Labute approximate surface area is 162 Å². The first-order valence-corrected chi connectivity index (χ1v) is 8.64. The Morgan fingerprint density at radius 1 is 1.00 bits per heavy atom. The number of furan rings is 1.